The minimum Gasteiger partial charge on any atom is -0.480 e. The van der Waals surface area contributed by atoms with Crippen molar-refractivity contribution in [3.63, 3.8) is 0 Å². The highest BCUT2D eigenvalue weighted by atomic mass is 16.4. The van der Waals surface area contributed by atoms with Gasteiger partial charge in [0.2, 0.25) is 5.91 Å². The Bertz CT molecular complexity index is 279. The summed E-state index contributed by atoms with van der Waals surface area (Å²) < 4.78 is 0. The summed E-state index contributed by atoms with van der Waals surface area (Å²) in [6.45, 7) is 7.06. The maximum Gasteiger partial charge on any atom is 0.323 e. The number of aliphatic carboxylic acids is 1. The Morgan fingerprint density at radius 2 is 1.94 bits per heavy atom. The minimum absolute atomic E-state index is 0.0681. The molecule has 0 unspecified atom stereocenters. The number of nitrogens with one attached hydrogen (secondary N) is 1. The summed E-state index contributed by atoms with van der Waals surface area (Å²) in [6, 6.07) is 0. The summed E-state index contributed by atoms with van der Waals surface area (Å²) in [6.07, 6.45) is 0.442. The molecule has 0 aromatic rings. The van der Waals surface area contributed by atoms with Gasteiger partial charge in [-0.05, 0) is 39.8 Å². The van der Waals surface area contributed by atoms with Crippen molar-refractivity contribution in [1.82, 2.24) is 10.2 Å². The maximum atomic E-state index is 12.0. The first-order chi connectivity index (χ1) is 7.30. The molecule has 92 valence electrons. The fourth-order valence-electron chi connectivity index (χ4n) is 1.68. The van der Waals surface area contributed by atoms with Gasteiger partial charge in [-0.25, -0.2) is 0 Å². The molecule has 0 aromatic carbocycles. The predicted molar refractivity (Wildman–Crippen MR) is 60.1 cm³/mol. The molecular formula is C11H20N2O3. The van der Waals surface area contributed by atoms with Gasteiger partial charge in [0.25, 0.3) is 0 Å². The van der Waals surface area contributed by atoms with Gasteiger partial charge in [-0.1, -0.05) is 0 Å². The summed E-state index contributed by atoms with van der Waals surface area (Å²) in [5, 5.41) is 11.9. The molecule has 0 saturated carbocycles. The number of amides is 1. The van der Waals surface area contributed by atoms with Crippen molar-refractivity contribution >= 4 is 11.9 Å². The topological polar surface area (TPSA) is 69.6 Å². The van der Waals surface area contributed by atoms with Gasteiger partial charge in [-0.2, -0.15) is 0 Å². The van der Waals surface area contributed by atoms with Crippen molar-refractivity contribution in [3.8, 4) is 0 Å². The fourth-order valence-corrected chi connectivity index (χ4v) is 1.68. The molecule has 1 aliphatic rings. The molecule has 16 heavy (non-hydrogen) atoms. The molecule has 1 amide bonds. The maximum absolute atomic E-state index is 12.0. The number of hydrogen-bond acceptors (Lipinski definition) is 3. The van der Waals surface area contributed by atoms with Crippen molar-refractivity contribution < 1.29 is 14.7 Å². The zero-order chi connectivity index (χ0) is 12.3. The van der Waals surface area contributed by atoms with Gasteiger partial charge in [0.05, 0.1) is 0 Å². The number of carboxylic acid groups (broad SMARTS) is 1. The lowest BCUT2D eigenvalue weighted by atomic mass is 9.96. The van der Waals surface area contributed by atoms with E-state index in [4.69, 9.17) is 5.11 Å². The van der Waals surface area contributed by atoms with E-state index in [9.17, 15) is 9.59 Å². The van der Waals surface area contributed by atoms with Crippen molar-refractivity contribution in [3.05, 3.63) is 0 Å². The van der Waals surface area contributed by atoms with Crippen LogP contribution >= 0.6 is 0 Å². The molecule has 1 aliphatic heterocycles. The van der Waals surface area contributed by atoms with Gasteiger partial charge in [-0.3, -0.25) is 9.59 Å². The van der Waals surface area contributed by atoms with Crippen LogP contribution in [0.2, 0.25) is 0 Å². The van der Waals surface area contributed by atoms with Crippen LogP contribution in [-0.4, -0.2) is 47.1 Å². The van der Waals surface area contributed by atoms with E-state index in [0.29, 0.717) is 12.3 Å². The molecule has 5 nitrogen and oxygen atoms in total. The molecule has 0 aliphatic carbocycles. The molecule has 1 heterocycles. The predicted octanol–water partition coefficient (Wildman–Crippen LogP) is 0.308. The quantitative estimate of drug-likeness (QED) is 0.726. The first-order valence-electron chi connectivity index (χ1n) is 5.53. The summed E-state index contributed by atoms with van der Waals surface area (Å²) in [7, 11) is 0. The van der Waals surface area contributed by atoms with E-state index in [2.05, 4.69) is 5.32 Å². The molecule has 1 saturated heterocycles. The fraction of sp³-hybridized carbons (Fsp3) is 0.818. The highest BCUT2D eigenvalue weighted by molar-refractivity contribution is 5.82. The van der Waals surface area contributed by atoms with Crippen molar-refractivity contribution in [2.75, 3.05) is 19.6 Å². The molecular weight excluding hydrogens is 208 g/mol. The van der Waals surface area contributed by atoms with Crippen LogP contribution in [0.1, 0.15) is 27.2 Å². The molecule has 1 rings (SSSR count). The van der Waals surface area contributed by atoms with Crippen LogP contribution in [0.25, 0.3) is 0 Å². The van der Waals surface area contributed by atoms with E-state index in [1.807, 2.05) is 20.8 Å². The zero-order valence-corrected chi connectivity index (χ0v) is 10.1. The number of carboxylic acids is 1. The van der Waals surface area contributed by atoms with Crippen molar-refractivity contribution in [2.45, 2.75) is 32.7 Å². The van der Waals surface area contributed by atoms with Crippen LogP contribution in [0.15, 0.2) is 0 Å². The molecule has 5 heteroatoms. The average molecular weight is 228 g/mol. The highest BCUT2D eigenvalue weighted by Gasteiger charge is 2.31. The number of carbonyl (C=O) groups is 2. The second-order valence-electron chi connectivity index (χ2n) is 5.27. The summed E-state index contributed by atoms with van der Waals surface area (Å²) >= 11 is 0. The second-order valence-corrected chi connectivity index (χ2v) is 5.27. The van der Waals surface area contributed by atoms with Crippen LogP contribution in [0.3, 0.4) is 0 Å². The van der Waals surface area contributed by atoms with E-state index in [-0.39, 0.29) is 12.5 Å². The first-order valence-corrected chi connectivity index (χ1v) is 5.53. The van der Waals surface area contributed by atoms with Gasteiger partial charge >= 0.3 is 5.97 Å². The molecule has 0 aromatic heterocycles. The largest absolute Gasteiger partial charge is 0.480 e. The van der Waals surface area contributed by atoms with E-state index in [1.54, 1.807) is 0 Å². The molecule has 0 spiro atoms. The highest BCUT2D eigenvalue weighted by Crippen LogP contribution is 2.18. The van der Waals surface area contributed by atoms with E-state index in [0.717, 1.165) is 13.1 Å². The van der Waals surface area contributed by atoms with Crippen LogP contribution in [0.5, 0.6) is 0 Å². The van der Waals surface area contributed by atoms with Gasteiger partial charge < -0.3 is 15.3 Å². The van der Waals surface area contributed by atoms with Gasteiger partial charge in [0.1, 0.15) is 6.54 Å². The monoisotopic (exact) mass is 228 g/mol. The van der Waals surface area contributed by atoms with Crippen LogP contribution < -0.4 is 5.32 Å². The van der Waals surface area contributed by atoms with Gasteiger partial charge in [0, 0.05) is 12.0 Å². The van der Waals surface area contributed by atoms with Crippen LogP contribution in [-0.2, 0) is 9.59 Å². The second kappa shape index (κ2) is 4.82. The van der Waals surface area contributed by atoms with E-state index in [1.165, 1.54) is 4.90 Å². The molecule has 0 atom stereocenters. The Kier molecular flexibility index (Phi) is 3.91. The van der Waals surface area contributed by atoms with E-state index >= 15 is 0 Å². The molecule has 0 bridgehead atoms. The van der Waals surface area contributed by atoms with Crippen LogP contribution in [0.4, 0.5) is 0 Å². The zero-order valence-electron chi connectivity index (χ0n) is 10.1. The Morgan fingerprint density at radius 3 is 2.25 bits per heavy atom. The minimum atomic E-state index is -0.963. The number of nitrogens with zero attached hydrogens (tertiary/aromatic N) is 1. The lowest BCUT2D eigenvalue weighted by Gasteiger charge is -2.36. The SMILES string of the molecule is CC(C)(C)N(CC(=O)O)C(=O)CC1CNC1. The van der Waals surface area contributed by atoms with E-state index < -0.39 is 11.5 Å². The Labute approximate surface area is 95.8 Å². The Hall–Kier alpha value is -1.10. The van der Waals surface area contributed by atoms with Crippen molar-refractivity contribution in [1.29, 1.82) is 0 Å². The Balaban J connectivity index is 2.59. The number of hydrogen-bond donors (Lipinski definition) is 2. The lowest BCUT2D eigenvalue weighted by Crippen LogP contribution is -2.51. The Morgan fingerprint density at radius 1 is 1.38 bits per heavy atom. The third kappa shape index (κ3) is 3.48. The lowest BCUT2D eigenvalue weighted by molar-refractivity contribution is -0.149. The molecule has 0 radical (unpaired) electrons. The number of rotatable bonds is 4. The summed E-state index contributed by atoms with van der Waals surface area (Å²) in [5.41, 5.74) is -0.438. The third-order valence-corrected chi connectivity index (χ3v) is 2.73. The third-order valence-electron chi connectivity index (χ3n) is 2.73. The normalized spacial score (nSPS) is 16.7. The first kappa shape index (κ1) is 13.0. The smallest absolute Gasteiger partial charge is 0.323 e. The van der Waals surface area contributed by atoms with Gasteiger partial charge in [0.15, 0.2) is 0 Å². The molecule has 2 N–H and O–H groups in total. The van der Waals surface area contributed by atoms with Crippen molar-refractivity contribution in [2.24, 2.45) is 5.92 Å². The van der Waals surface area contributed by atoms with Crippen LogP contribution in [0, 0.1) is 5.92 Å². The summed E-state index contributed by atoms with van der Waals surface area (Å²) in [4.78, 5) is 24.1. The summed E-state index contributed by atoms with van der Waals surface area (Å²) in [5.74, 6) is -0.664. The van der Waals surface area contributed by atoms with Gasteiger partial charge in [-0.15, -0.1) is 0 Å². The average Bonchev–Trinajstić information content (AvgIpc) is 2.04. The standard InChI is InChI=1S/C11H20N2O3/c1-11(2,3)13(7-10(15)16)9(14)4-8-5-12-6-8/h8,12H,4-7H2,1-3H3,(H,15,16). The molecule has 1 fully saturated rings. The number of carbonyl (C=O) groups excluding carboxylic acids is 1.